The van der Waals surface area contributed by atoms with Gasteiger partial charge in [-0.15, -0.1) is 0 Å². The Morgan fingerprint density at radius 3 is 2.76 bits per heavy atom. The molecule has 2 heteroatoms. The molecule has 1 heterocycles. The Hall–Kier alpha value is -0.860. The van der Waals surface area contributed by atoms with Crippen molar-refractivity contribution >= 4 is 0 Å². The van der Waals surface area contributed by atoms with E-state index in [1.807, 2.05) is 0 Å². The molecule has 2 atom stereocenters. The highest BCUT2D eigenvalue weighted by molar-refractivity contribution is 5.14. The largest absolute Gasteiger partial charge is 0.328 e. The van der Waals surface area contributed by atoms with Gasteiger partial charge in [0, 0.05) is 12.6 Å². The molecule has 1 saturated heterocycles. The minimum atomic E-state index is 0.356. The molecule has 17 heavy (non-hydrogen) atoms. The lowest BCUT2D eigenvalue weighted by Crippen LogP contribution is -2.30. The molecule has 0 saturated carbocycles. The number of likely N-dealkylation sites (tertiary alicyclic amines) is 1. The first-order valence-electron chi connectivity index (χ1n) is 6.77. The molecule has 0 aromatic heterocycles. The topological polar surface area (TPSA) is 29.3 Å². The second-order valence-electron chi connectivity index (χ2n) is 5.30. The number of rotatable bonds is 5. The van der Waals surface area contributed by atoms with Crippen molar-refractivity contribution in [3.63, 3.8) is 0 Å². The summed E-state index contributed by atoms with van der Waals surface area (Å²) in [5.74, 6) is 0.715. The van der Waals surface area contributed by atoms with E-state index in [-0.39, 0.29) is 0 Å². The van der Waals surface area contributed by atoms with Gasteiger partial charge in [-0.05, 0) is 50.8 Å². The van der Waals surface area contributed by atoms with Gasteiger partial charge in [-0.1, -0.05) is 30.3 Å². The number of aryl methyl sites for hydroxylation is 1. The van der Waals surface area contributed by atoms with Gasteiger partial charge in [0.25, 0.3) is 0 Å². The molecule has 1 aliphatic heterocycles. The van der Waals surface area contributed by atoms with E-state index < -0.39 is 0 Å². The highest BCUT2D eigenvalue weighted by Crippen LogP contribution is 2.18. The molecule has 2 unspecified atom stereocenters. The minimum absolute atomic E-state index is 0.356. The molecule has 2 N–H and O–H groups in total. The molecule has 94 valence electrons. The van der Waals surface area contributed by atoms with Crippen LogP contribution in [0.5, 0.6) is 0 Å². The predicted octanol–water partition coefficient (Wildman–Crippen LogP) is 2.29. The van der Waals surface area contributed by atoms with Crippen LogP contribution in [0.25, 0.3) is 0 Å². The normalized spacial score (nSPS) is 22.8. The fourth-order valence-electron chi connectivity index (χ4n) is 2.65. The quantitative estimate of drug-likeness (QED) is 0.844. The molecule has 1 aliphatic rings. The minimum Gasteiger partial charge on any atom is -0.328 e. The van der Waals surface area contributed by atoms with Crippen molar-refractivity contribution in [2.75, 3.05) is 19.6 Å². The molecule has 0 radical (unpaired) electrons. The maximum atomic E-state index is 5.95. The van der Waals surface area contributed by atoms with Crippen molar-refractivity contribution in [2.24, 2.45) is 11.7 Å². The van der Waals surface area contributed by atoms with E-state index in [0.717, 1.165) is 0 Å². The maximum Gasteiger partial charge on any atom is 0.00514 e. The monoisotopic (exact) mass is 232 g/mol. The summed E-state index contributed by atoms with van der Waals surface area (Å²) in [6.45, 7) is 5.80. The third-order valence-electron chi connectivity index (χ3n) is 3.84. The summed E-state index contributed by atoms with van der Waals surface area (Å²) in [7, 11) is 0. The highest BCUT2D eigenvalue weighted by atomic mass is 15.1. The number of benzene rings is 1. The maximum absolute atomic E-state index is 5.95. The predicted molar refractivity (Wildman–Crippen MR) is 73.0 cm³/mol. The Balaban J connectivity index is 1.67. The van der Waals surface area contributed by atoms with Gasteiger partial charge in [0.15, 0.2) is 0 Å². The van der Waals surface area contributed by atoms with Crippen molar-refractivity contribution in [2.45, 2.75) is 32.2 Å². The van der Waals surface area contributed by atoms with Crippen LogP contribution >= 0.6 is 0 Å². The van der Waals surface area contributed by atoms with E-state index in [2.05, 4.69) is 42.2 Å². The molecule has 1 aromatic carbocycles. The van der Waals surface area contributed by atoms with Gasteiger partial charge in [-0.2, -0.15) is 0 Å². The number of hydrogen-bond donors (Lipinski definition) is 1. The van der Waals surface area contributed by atoms with E-state index in [4.69, 9.17) is 5.73 Å². The van der Waals surface area contributed by atoms with Crippen molar-refractivity contribution < 1.29 is 0 Å². The van der Waals surface area contributed by atoms with E-state index in [1.54, 1.807) is 0 Å². The summed E-state index contributed by atoms with van der Waals surface area (Å²) >= 11 is 0. The van der Waals surface area contributed by atoms with Crippen LogP contribution in [0.15, 0.2) is 30.3 Å². The fourth-order valence-corrected chi connectivity index (χ4v) is 2.65. The molecular weight excluding hydrogens is 208 g/mol. The average molecular weight is 232 g/mol. The van der Waals surface area contributed by atoms with Gasteiger partial charge in [0.05, 0.1) is 0 Å². The SMILES string of the molecule is CC(N)C1CCN(CCCc2ccccc2)C1. The molecular formula is C15H24N2. The summed E-state index contributed by atoms with van der Waals surface area (Å²) in [5, 5.41) is 0. The Bertz CT molecular complexity index is 321. The lowest BCUT2D eigenvalue weighted by atomic mass is 10.0. The van der Waals surface area contributed by atoms with Crippen LogP contribution in [0.3, 0.4) is 0 Å². The number of nitrogens with two attached hydrogens (primary N) is 1. The second-order valence-corrected chi connectivity index (χ2v) is 5.30. The Morgan fingerprint density at radius 1 is 1.35 bits per heavy atom. The summed E-state index contributed by atoms with van der Waals surface area (Å²) in [4.78, 5) is 2.57. The molecule has 0 amide bonds. The van der Waals surface area contributed by atoms with Gasteiger partial charge in [-0.25, -0.2) is 0 Å². The van der Waals surface area contributed by atoms with Crippen LogP contribution in [-0.4, -0.2) is 30.6 Å². The standard InChI is InChI=1S/C15H24N2/c1-13(16)15-9-11-17(12-15)10-5-8-14-6-3-2-4-7-14/h2-4,6-7,13,15H,5,8-12,16H2,1H3. The molecule has 1 aromatic rings. The third-order valence-corrected chi connectivity index (χ3v) is 3.84. The fraction of sp³-hybridized carbons (Fsp3) is 0.600. The zero-order valence-corrected chi connectivity index (χ0v) is 10.8. The second kappa shape index (κ2) is 6.18. The zero-order valence-electron chi connectivity index (χ0n) is 10.8. The van der Waals surface area contributed by atoms with Crippen LogP contribution in [0.1, 0.15) is 25.3 Å². The van der Waals surface area contributed by atoms with Crippen LogP contribution in [0, 0.1) is 5.92 Å². The summed E-state index contributed by atoms with van der Waals surface area (Å²) in [5.41, 5.74) is 7.41. The van der Waals surface area contributed by atoms with Gasteiger partial charge in [0.1, 0.15) is 0 Å². The van der Waals surface area contributed by atoms with E-state index in [1.165, 1.54) is 44.5 Å². The van der Waals surface area contributed by atoms with Crippen molar-refractivity contribution in [3.05, 3.63) is 35.9 Å². The van der Waals surface area contributed by atoms with Gasteiger partial charge >= 0.3 is 0 Å². The first kappa shape index (κ1) is 12.6. The van der Waals surface area contributed by atoms with Gasteiger partial charge < -0.3 is 10.6 Å². The zero-order chi connectivity index (χ0) is 12.1. The smallest absolute Gasteiger partial charge is 0.00514 e. The van der Waals surface area contributed by atoms with Crippen molar-refractivity contribution in [1.82, 2.24) is 4.90 Å². The summed E-state index contributed by atoms with van der Waals surface area (Å²) < 4.78 is 0. The lowest BCUT2D eigenvalue weighted by Gasteiger charge is -2.17. The molecule has 2 nitrogen and oxygen atoms in total. The highest BCUT2D eigenvalue weighted by Gasteiger charge is 2.24. The molecule has 0 bridgehead atoms. The summed E-state index contributed by atoms with van der Waals surface area (Å²) in [6, 6.07) is 11.1. The van der Waals surface area contributed by atoms with Crippen LogP contribution in [-0.2, 0) is 6.42 Å². The van der Waals surface area contributed by atoms with Crippen molar-refractivity contribution in [3.8, 4) is 0 Å². The Morgan fingerprint density at radius 2 is 2.12 bits per heavy atom. The number of hydrogen-bond acceptors (Lipinski definition) is 2. The van der Waals surface area contributed by atoms with E-state index >= 15 is 0 Å². The first-order chi connectivity index (χ1) is 8.25. The van der Waals surface area contributed by atoms with Crippen LogP contribution in [0.2, 0.25) is 0 Å². The van der Waals surface area contributed by atoms with E-state index in [0.29, 0.717) is 12.0 Å². The Kier molecular flexibility index (Phi) is 4.57. The van der Waals surface area contributed by atoms with E-state index in [9.17, 15) is 0 Å². The molecule has 0 spiro atoms. The van der Waals surface area contributed by atoms with Gasteiger partial charge in [-0.3, -0.25) is 0 Å². The van der Waals surface area contributed by atoms with Crippen LogP contribution < -0.4 is 5.73 Å². The number of nitrogens with zero attached hydrogens (tertiary/aromatic N) is 1. The lowest BCUT2D eigenvalue weighted by molar-refractivity contribution is 0.312. The first-order valence-corrected chi connectivity index (χ1v) is 6.77. The molecule has 1 fully saturated rings. The Labute approximate surface area is 105 Å². The third kappa shape index (κ3) is 3.83. The molecule has 2 rings (SSSR count). The molecule has 0 aliphatic carbocycles. The summed E-state index contributed by atoms with van der Waals surface area (Å²) in [6.07, 6.45) is 3.73. The van der Waals surface area contributed by atoms with Crippen LogP contribution in [0.4, 0.5) is 0 Å². The average Bonchev–Trinajstić information content (AvgIpc) is 2.79. The van der Waals surface area contributed by atoms with Crippen molar-refractivity contribution in [1.29, 1.82) is 0 Å². The van der Waals surface area contributed by atoms with Gasteiger partial charge in [0.2, 0.25) is 0 Å².